The van der Waals surface area contributed by atoms with Crippen molar-refractivity contribution in [2.75, 3.05) is 13.2 Å². The van der Waals surface area contributed by atoms with E-state index in [1.807, 2.05) is 0 Å². The third kappa shape index (κ3) is 6.03. The summed E-state index contributed by atoms with van der Waals surface area (Å²) in [5.74, 6) is 0.762. The van der Waals surface area contributed by atoms with Crippen LogP contribution in [0.2, 0.25) is 0 Å². The Labute approximate surface area is 152 Å². The Morgan fingerprint density at radius 3 is 2.28 bits per heavy atom. The first kappa shape index (κ1) is 19.8. The third-order valence-electron chi connectivity index (χ3n) is 5.27. The zero-order valence-electron chi connectivity index (χ0n) is 16.3. The van der Waals surface area contributed by atoms with Crippen LogP contribution in [-0.2, 0) is 16.8 Å². The summed E-state index contributed by atoms with van der Waals surface area (Å²) in [6, 6.07) is 8.53. The molecule has 4 nitrogen and oxygen atoms in total. The number of amides is 2. The van der Waals surface area contributed by atoms with Crippen molar-refractivity contribution in [3.05, 3.63) is 35.4 Å². The number of nitrogens with two attached hydrogens (primary N) is 1. The van der Waals surface area contributed by atoms with Gasteiger partial charge in [0.05, 0.1) is 13.2 Å². The van der Waals surface area contributed by atoms with E-state index in [2.05, 4.69) is 52.0 Å². The lowest BCUT2D eigenvalue weighted by atomic mass is 9.86. The largest absolute Gasteiger partial charge is 0.375 e. The lowest BCUT2D eigenvalue weighted by molar-refractivity contribution is 0.0801. The van der Waals surface area contributed by atoms with E-state index in [0.717, 1.165) is 24.3 Å². The molecule has 2 N–H and O–H groups in total. The van der Waals surface area contributed by atoms with E-state index < -0.39 is 0 Å². The van der Waals surface area contributed by atoms with Crippen LogP contribution in [0.1, 0.15) is 64.5 Å². The van der Waals surface area contributed by atoms with Crippen molar-refractivity contribution in [1.82, 2.24) is 4.90 Å². The SMILES string of the molecule is CC1CCC(N(CCOCc2ccc(C(C)(C)C)cc2)C(N)=O)CC1. The molecule has 0 atom stereocenters. The van der Waals surface area contributed by atoms with Crippen LogP contribution in [0, 0.1) is 5.92 Å². The molecule has 1 aromatic rings. The fourth-order valence-corrected chi connectivity index (χ4v) is 3.48. The van der Waals surface area contributed by atoms with Gasteiger partial charge >= 0.3 is 6.03 Å². The van der Waals surface area contributed by atoms with Crippen LogP contribution in [0.15, 0.2) is 24.3 Å². The molecule has 140 valence electrons. The van der Waals surface area contributed by atoms with Gasteiger partial charge in [-0.2, -0.15) is 0 Å². The Hall–Kier alpha value is -1.55. The first-order chi connectivity index (χ1) is 11.8. The minimum Gasteiger partial charge on any atom is -0.375 e. The molecule has 0 aromatic heterocycles. The van der Waals surface area contributed by atoms with E-state index in [-0.39, 0.29) is 17.5 Å². The zero-order chi connectivity index (χ0) is 18.4. The number of primary amides is 1. The number of urea groups is 1. The molecular weight excluding hydrogens is 312 g/mol. The maximum atomic E-state index is 11.8. The summed E-state index contributed by atoms with van der Waals surface area (Å²) in [5, 5.41) is 0. The fourth-order valence-electron chi connectivity index (χ4n) is 3.48. The molecule has 0 unspecified atom stereocenters. The molecule has 1 aliphatic carbocycles. The molecule has 2 amide bonds. The molecule has 0 heterocycles. The zero-order valence-corrected chi connectivity index (χ0v) is 16.3. The number of nitrogens with zero attached hydrogens (tertiary/aromatic N) is 1. The van der Waals surface area contributed by atoms with Crippen LogP contribution in [0.3, 0.4) is 0 Å². The predicted octanol–water partition coefficient (Wildman–Crippen LogP) is 4.46. The standard InChI is InChI=1S/C21H34N2O2/c1-16-5-11-19(12-6-16)23(20(22)24)13-14-25-15-17-7-9-18(10-8-17)21(2,3)4/h7-10,16,19H,5-6,11-15H2,1-4H3,(H2,22,24). The van der Waals surface area contributed by atoms with Gasteiger partial charge in [0.15, 0.2) is 0 Å². The van der Waals surface area contributed by atoms with E-state index >= 15 is 0 Å². The first-order valence-corrected chi connectivity index (χ1v) is 9.50. The lowest BCUT2D eigenvalue weighted by Crippen LogP contribution is -2.46. The molecule has 25 heavy (non-hydrogen) atoms. The van der Waals surface area contributed by atoms with Crippen LogP contribution in [0.5, 0.6) is 0 Å². The number of benzene rings is 1. The number of rotatable bonds is 6. The van der Waals surface area contributed by atoms with Crippen molar-refractivity contribution in [2.45, 2.75) is 71.4 Å². The molecule has 1 aromatic carbocycles. The molecule has 1 fully saturated rings. The topological polar surface area (TPSA) is 55.6 Å². The highest BCUT2D eigenvalue weighted by molar-refractivity contribution is 5.72. The minimum atomic E-state index is -0.322. The summed E-state index contributed by atoms with van der Waals surface area (Å²) >= 11 is 0. The highest BCUT2D eigenvalue weighted by atomic mass is 16.5. The maximum Gasteiger partial charge on any atom is 0.315 e. The normalized spacial score (nSPS) is 21.1. The molecule has 2 rings (SSSR count). The van der Waals surface area contributed by atoms with Gasteiger partial charge in [-0.15, -0.1) is 0 Å². The van der Waals surface area contributed by atoms with Gasteiger partial charge < -0.3 is 15.4 Å². The second kappa shape index (κ2) is 8.70. The number of ether oxygens (including phenoxy) is 1. The monoisotopic (exact) mass is 346 g/mol. The van der Waals surface area contributed by atoms with Gasteiger partial charge in [-0.05, 0) is 48.1 Å². The summed E-state index contributed by atoms with van der Waals surface area (Å²) in [6.45, 7) is 10.6. The van der Waals surface area contributed by atoms with Gasteiger partial charge in [0.1, 0.15) is 0 Å². The Bertz CT molecular complexity index is 540. The van der Waals surface area contributed by atoms with Crippen molar-refractivity contribution in [3.63, 3.8) is 0 Å². The Kier molecular flexibility index (Phi) is 6.88. The molecule has 0 spiro atoms. The van der Waals surface area contributed by atoms with Gasteiger partial charge in [-0.25, -0.2) is 4.79 Å². The van der Waals surface area contributed by atoms with E-state index in [0.29, 0.717) is 19.8 Å². The summed E-state index contributed by atoms with van der Waals surface area (Å²) < 4.78 is 5.79. The molecule has 0 bridgehead atoms. The van der Waals surface area contributed by atoms with Crippen LogP contribution in [-0.4, -0.2) is 30.1 Å². The number of hydrogen-bond donors (Lipinski definition) is 1. The van der Waals surface area contributed by atoms with Crippen molar-refractivity contribution in [3.8, 4) is 0 Å². The average Bonchev–Trinajstić information content (AvgIpc) is 2.55. The lowest BCUT2D eigenvalue weighted by Gasteiger charge is -2.35. The predicted molar refractivity (Wildman–Crippen MR) is 103 cm³/mol. The first-order valence-electron chi connectivity index (χ1n) is 9.50. The van der Waals surface area contributed by atoms with Gasteiger partial charge in [0.2, 0.25) is 0 Å². The van der Waals surface area contributed by atoms with E-state index in [4.69, 9.17) is 10.5 Å². The molecule has 0 radical (unpaired) electrons. The Morgan fingerprint density at radius 1 is 1.16 bits per heavy atom. The summed E-state index contributed by atoms with van der Waals surface area (Å²) in [6.07, 6.45) is 4.46. The van der Waals surface area contributed by atoms with Gasteiger partial charge in [-0.3, -0.25) is 0 Å². The van der Waals surface area contributed by atoms with Crippen molar-refractivity contribution >= 4 is 6.03 Å². The van der Waals surface area contributed by atoms with Crippen LogP contribution < -0.4 is 5.73 Å². The van der Waals surface area contributed by atoms with Crippen molar-refractivity contribution in [1.29, 1.82) is 0 Å². The minimum absolute atomic E-state index is 0.166. The molecule has 0 saturated heterocycles. The molecule has 4 heteroatoms. The number of hydrogen-bond acceptors (Lipinski definition) is 2. The average molecular weight is 347 g/mol. The van der Waals surface area contributed by atoms with Gasteiger partial charge in [-0.1, -0.05) is 52.0 Å². The second-order valence-electron chi connectivity index (χ2n) is 8.44. The maximum absolute atomic E-state index is 11.8. The second-order valence-corrected chi connectivity index (χ2v) is 8.44. The Morgan fingerprint density at radius 2 is 1.76 bits per heavy atom. The van der Waals surface area contributed by atoms with Crippen LogP contribution >= 0.6 is 0 Å². The highest BCUT2D eigenvalue weighted by Gasteiger charge is 2.25. The van der Waals surface area contributed by atoms with Crippen molar-refractivity contribution < 1.29 is 9.53 Å². The fraction of sp³-hybridized carbons (Fsp3) is 0.667. The van der Waals surface area contributed by atoms with E-state index in [1.165, 1.54) is 18.4 Å². The molecule has 0 aliphatic heterocycles. The quantitative estimate of drug-likeness (QED) is 0.773. The highest BCUT2D eigenvalue weighted by Crippen LogP contribution is 2.27. The smallest absolute Gasteiger partial charge is 0.315 e. The summed E-state index contributed by atoms with van der Waals surface area (Å²) in [5.41, 5.74) is 8.23. The van der Waals surface area contributed by atoms with Crippen molar-refractivity contribution in [2.24, 2.45) is 11.7 Å². The third-order valence-corrected chi connectivity index (χ3v) is 5.27. The van der Waals surface area contributed by atoms with Gasteiger partial charge in [0, 0.05) is 12.6 Å². The van der Waals surface area contributed by atoms with Crippen LogP contribution in [0.25, 0.3) is 0 Å². The number of carbonyl (C=O) groups is 1. The molecular formula is C21H34N2O2. The molecule has 1 saturated carbocycles. The van der Waals surface area contributed by atoms with Gasteiger partial charge in [0.25, 0.3) is 0 Å². The van der Waals surface area contributed by atoms with E-state index in [1.54, 1.807) is 4.90 Å². The Balaban J connectivity index is 1.77. The molecule has 1 aliphatic rings. The summed E-state index contributed by atoms with van der Waals surface area (Å²) in [4.78, 5) is 13.6. The number of carbonyl (C=O) groups excluding carboxylic acids is 1. The van der Waals surface area contributed by atoms with E-state index in [9.17, 15) is 4.79 Å². The van der Waals surface area contributed by atoms with Crippen LogP contribution in [0.4, 0.5) is 4.79 Å². The summed E-state index contributed by atoms with van der Waals surface area (Å²) in [7, 11) is 0.